The van der Waals surface area contributed by atoms with E-state index in [0.717, 1.165) is 9.47 Å². The smallest absolute Gasteiger partial charge is 0.321 e. The Labute approximate surface area is 169 Å². The molecule has 0 radical (unpaired) electrons. The van der Waals surface area contributed by atoms with Crippen molar-refractivity contribution in [1.29, 1.82) is 0 Å². The Kier molecular flexibility index (Phi) is 6.63. The van der Waals surface area contributed by atoms with Crippen LogP contribution < -0.4 is 5.32 Å². The number of ether oxygens (including phenoxy) is 1. The van der Waals surface area contributed by atoms with Crippen LogP contribution in [-0.2, 0) is 9.53 Å². The molecule has 2 amide bonds. The van der Waals surface area contributed by atoms with Gasteiger partial charge in [0.2, 0.25) is 5.78 Å². The van der Waals surface area contributed by atoms with Gasteiger partial charge < -0.3 is 15.0 Å². The number of esters is 1. The van der Waals surface area contributed by atoms with Crippen molar-refractivity contribution in [3.8, 4) is 0 Å². The number of urea groups is 1. The molecular weight excluding hydrogens is 432 g/mol. The summed E-state index contributed by atoms with van der Waals surface area (Å²) in [5.74, 6) is -0.866. The Bertz CT molecular complexity index is 816. The second-order valence-corrected chi connectivity index (χ2v) is 8.66. The highest BCUT2D eigenvalue weighted by Gasteiger charge is 2.29. The van der Waals surface area contributed by atoms with Gasteiger partial charge in [-0.1, -0.05) is 18.2 Å². The van der Waals surface area contributed by atoms with Crippen LogP contribution in [0, 0.1) is 5.92 Å². The highest BCUT2D eigenvalue weighted by molar-refractivity contribution is 9.11. The second kappa shape index (κ2) is 9.14. The predicted octanol–water partition coefficient (Wildman–Crippen LogP) is 4.18. The first-order valence-corrected chi connectivity index (χ1v) is 10.2. The van der Waals surface area contributed by atoms with Crippen molar-refractivity contribution in [2.75, 3.05) is 25.0 Å². The first kappa shape index (κ1) is 19.6. The Balaban J connectivity index is 1.42. The largest absolute Gasteiger partial charge is 0.457 e. The molecule has 1 saturated heterocycles. The van der Waals surface area contributed by atoms with Crippen molar-refractivity contribution in [3.05, 3.63) is 51.1 Å². The lowest BCUT2D eigenvalue weighted by atomic mass is 9.97. The summed E-state index contributed by atoms with van der Waals surface area (Å²) in [4.78, 5) is 38.7. The van der Waals surface area contributed by atoms with Crippen molar-refractivity contribution in [1.82, 2.24) is 4.90 Å². The average molecular weight is 451 g/mol. The van der Waals surface area contributed by atoms with Crippen molar-refractivity contribution >= 4 is 50.7 Å². The van der Waals surface area contributed by atoms with Gasteiger partial charge in [-0.2, -0.15) is 0 Å². The Morgan fingerprint density at radius 1 is 1.11 bits per heavy atom. The number of anilines is 1. The number of piperidine rings is 1. The van der Waals surface area contributed by atoms with E-state index in [1.165, 1.54) is 11.3 Å². The number of halogens is 1. The molecule has 1 N–H and O–H groups in total. The second-order valence-electron chi connectivity index (χ2n) is 6.19. The lowest BCUT2D eigenvalue weighted by Gasteiger charge is -2.30. The summed E-state index contributed by atoms with van der Waals surface area (Å²) in [6, 6.07) is 12.6. The molecular formula is C19H19BrN2O4S. The number of likely N-dealkylation sites (tertiary alicyclic amines) is 1. The third-order valence-electron chi connectivity index (χ3n) is 4.33. The third-order valence-corrected chi connectivity index (χ3v) is 6.00. The van der Waals surface area contributed by atoms with Crippen molar-refractivity contribution in [2.24, 2.45) is 5.92 Å². The number of carbonyl (C=O) groups excluding carboxylic acids is 3. The molecule has 6 nitrogen and oxygen atoms in total. The minimum atomic E-state index is -0.373. The number of hydrogen-bond donors (Lipinski definition) is 1. The highest BCUT2D eigenvalue weighted by Crippen LogP contribution is 2.23. The SMILES string of the molecule is O=C(COC(=O)C1CCN(C(=O)Nc2ccccc2)CC1)c1ccc(Br)s1. The number of hydrogen-bond acceptors (Lipinski definition) is 5. The molecule has 0 unspecified atom stereocenters. The van der Waals surface area contributed by atoms with Crippen LogP contribution in [0.4, 0.5) is 10.5 Å². The third kappa shape index (κ3) is 5.40. The summed E-state index contributed by atoms with van der Waals surface area (Å²) in [7, 11) is 0. The van der Waals surface area contributed by atoms with Crippen LogP contribution in [-0.4, -0.2) is 42.4 Å². The molecule has 2 aromatic rings. The van der Waals surface area contributed by atoms with E-state index in [-0.39, 0.29) is 30.3 Å². The van der Waals surface area contributed by atoms with E-state index in [2.05, 4.69) is 21.2 Å². The topological polar surface area (TPSA) is 75.7 Å². The molecule has 1 fully saturated rings. The molecule has 0 spiro atoms. The molecule has 142 valence electrons. The molecule has 1 aromatic carbocycles. The van der Waals surface area contributed by atoms with Gasteiger partial charge in [-0.3, -0.25) is 9.59 Å². The molecule has 0 atom stereocenters. The van der Waals surface area contributed by atoms with Crippen molar-refractivity contribution in [3.63, 3.8) is 0 Å². The van der Waals surface area contributed by atoms with Gasteiger partial charge in [-0.15, -0.1) is 11.3 Å². The highest BCUT2D eigenvalue weighted by atomic mass is 79.9. The summed E-state index contributed by atoms with van der Waals surface area (Å²) in [5, 5.41) is 2.84. The monoisotopic (exact) mass is 450 g/mol. The van der Waals surface area contributed by atoms with E-state index < -0.39 is 0 Å². The maximum absolute atomic E-state index is 12.3. The zero-order valence-electron chi connectivity index (χ0n) is 14.5. The van der Waals surface area contributed by atoms with Crippen LogP contribution in [0.2, 0.25) is 0 Å². The van der Waals surface area contributed by atoms with Crippen molar-refractivity contribution in [2.45, 2.75) is 12.8 Å². The summed E-state index contributed by atoms with van der Waals surface area (Å²) >= 11 is 4.61. The van der Waals surface area contributed by atoms with E-state index >= 15 is 0 Å². The van der Waals surface area contributed by atoms with E-state index in [1.807, 2.05) is 30.3 Å². The predicted molar refractivity (Wildman–Crippen MR) is 107 cm³/mol. The molecule has 27 heavy (non-hydrogen) atoms. The minimum Gasteiger partial charge on any atom is -0.457 e. The van der Waals surface area contributed by atoms with Crippen LogP contribution in [0.25, 0.3) is 0 Å². The van der Waals surface area contributed by atoms with Gasteiger partial charge in [0.1, 0.15) is 0 Å². The zero-order chi connectivity index (χ0) is 19.2. The molecule has 0 bridgehead atoms. The van der Waals surface area contributed by atoms with Crippen LogP contribution in [0.5, 0.6) is 0 Å². The standard InChI is InChI=1S/C19H19BrN2O4S/c20-17-7-6-16(27-17)15(23)12-26-18(24)13-8-10-22(11-9-13)19(25)21-14-4-2-1-3-5-14/h1-7,13H,8-12H2,(H,21,25). The van der Waals surface area contributed by atoms with Crippen molar-refractivity contribution < 1.29 is 19.1 Å². The molecule has 1 aromatic heterocycles. The quantitative estimate of drug-likeness (QED) is 0.547. The molecule has 0 aliphatic carbocycles. The van der Waals surface area contributed by atoms with Gasteiger partial charge >= 0.3 is 12.0 Å². The number of carbonyl (C=O) groups is 3. The van der Waals surface area contributed by atoms with E-state index in [4.69, 9.17) is 4.74 Å². The van der Waals surface area contributed by atoms with Gasteiger partial charge in [-0.25, -0.2) is 4.79 Å². The fourth-order valence-electron chi connectivity index (χ4n) is 2.83. The summed E-state index contributed by atoms with van der Waals surface area (Å²) in [6.07, 6.45) is 1.06. The maximum Gasteiger partial charge on any atom is 0.321 e. The number of rotatable bonds is 5. The van der Waals surface area contributed by atoms with Crippen LogP contribution in [0.1, 0.15) is 22.5 Å². The number of para-hydroxylation sites is 1. The number of amides is 2. The Morgan fingerprint density at radius 2 is 1.81 bits per heavy atom. The first-order valence-electron chi connectivity index (χ1n) is 8.59. The number of nitrogens with zero attached hydrogens (tertiary/aromatic N) is 1. The number of nitrogens with one attached hydrogen (secondary N) is 1. The zero-order valence-corrected chi connectivity index (χ0v) is 16.9. The van der Waals surface area contributed by atoms with Crippen LogP contribution in [0.15, 0.2) is 46.3 Å². The molecule has 1 aliphatic rings. The summed E-state index contributed by atoms with van der Waals surface area (Å²) in [5.41, 5.74) is 0.739. The normalized spacial score (nSPS) is 14.6. The lowest BCUT2D eigenvalue weighted by Crippen LogP contribution is -2.42. The fourth-order valence-corrected chi connectivity index (χ4v) is 4.14. The number of benzene rings is 1. The number of thiophene rings is 1. The van der Waals surface area contributed by atoms with Crippen LogP contribution >= 0.6 is 27.3 Å². The number of Topliss-reactive ketones (excluding diaryl/α,β-unsaturated/α-hetero) is 1. The Hall–Kier alpha value is -2.19. The molecule has 3 rings (SSSR count). The van der Waals surface area contributed by atoms with Gasteiger partial charge in [-0.05, 0) is 53.0 Å². The maximum atomic E-state index is 12.3. The van der Waals surface area contributed by atoms with Gasteiger partial charge in [0.15, 0.2) is 6.61 Å². The molecule has 1 aliphatic heterocycles. The van der Waals surface area contributed by atoms with E-state index in [0.29, 0.717) is 30.8 Å². The summed E-state index contributed by atoms with van der Waals surface area (Å²) < 4.78 is 6.04. The molecule has 2 heterocycles. The molecule has 8 heteroatoms. The fraction of sp³-hybridized carbons (Fsp3) is 0.316. The first-order chi connectivity index (χ1) is 13.0. The van der Waals surface area contributed by atoms with Gasteiger partial charge in [0, 0.05) is 18.8 Å². The number of ketones is 1. The Morgan fingerprint density at radius 3 is 2.44 bits per heavy atom. The minimum absolute atomic E-state index is 0.175. The lowest BCUT2D eigenvalue weighted by molar-refractivity contribution is -0.148. The van der Waals surface area contributed by atoms with Gasteiger partial charge in [0.05, 0.1) is 14.6 Å². The summed E-state index contributed by atoms with van der Waals surface area (Å²) in [6.45, 7) is 0.703. The van der Waals surface area contributed by atoms with Crippen LogP contribution in [0.3, 0.4) is 0 Å². The molecule has 0 saturated carbocycles. The van der Waals surface area contributed by atoms with E-state index in [1.54, 1.807) is 17.0 Å². The average Bonchev–Trinajstić information content (AvgIpc) is 3.13. The van der Waals surface area contributed by atoms with E-state index in [9.17, 15) is 14.4 Å². The van der Waals surface area contributed by atoms with Gasteiger partial charge in [0.25, 0.3) is 0 Å².